The molecule has 1 fully saturated rings. The second kappa shape index (κ2) is 8.02. The number of carbonyl (C=O) groups excluding carboxylic acids is 2. The van der Waals surface area contributed by atoms with Crippen molar-refractivity contribution < 1.29 is 19.4 Å². The molecule has 1 amide bonds. The van der Waals surface area contributed by atoms with E-state index in [4.69, 9.17) is 16.3 Å². The topological polar surface area (TPSA) is 79.7 Å². The van der Waals surface area contributed by atoms with E-state index in [-0.39, 0.29) is 22.6 Å². The first-order valence-corrected chi connectivity index (χ1v) is 9.32. The van der Waals surface area contributed by atoms with Crippen molar-refractivity contribution in [1.82, 2.24) is 9.88 Å². The van der Waals surface area contributed by atoms with Crippen LogP contribution in [0.5, 0.6) is 5.75 Å². The quantitative estimate of drug-likeness (QED) is 0.468. The summed E-state index contributed by atoms with van der Waals surface area (Å²) in [6.45, 7) is 4.10. The minimum atomic E-state index is -0.773. The van der Waals surface area contributed by atoms with Crippen LogP contribution in [0.4, 0.5) is 0 Å². The van der Waals surface area contributed by atoms with Gasteiger partial charge in [0.1, 0.15) is 17.6 Å². The molecule has 3 rings (SSSR count). The number of amides is 1. The first kappa shape index (κ1) is 19.9. The van der Waals surface area contributed by atoms with Gasteiger partial charge in [0.2, 0.25) is 0 Å². The van der Waals surface area contributed by atoms with Crippen LogP contribution in [-0.4, -0.2) is 40.3 Å². The van der Waals surface area contributed by atoms with Crippen LogP contribution in [-0.2, 0) is 9.59 Å². The van der Waals surface area contributed by atoms with E-state index in [9.17, 15) is 14.7 Å². The van der Waals surface area contributed by atoms with Crippen LogP contribution in [0.1, 0.15) is 36.2 Å². The predicted molar refractivity (Wildman–Crippen MR) is 106 cm³/mol. The van der Waals surface area contributed by atoms with Gasteiger partial charge in [0.25, 0.3) is 11.7 Å². The molecule has 1 unspecified atom stereocenters. The molecule has 0 bridgehead atoms. The van der Waals surface area contributed by atoms with Crippen LogP contribution in [0.2, 0.25) is 5.02 Å². The van der Waals surface area contributed by atoms with Crippen molar-refractivity contribution in [3.05, 3.63) is 63.9 Å². The zero-order valence-electron chi connectivity index (χ0n) is 15.9. The fourth-order valence-electron chi connectivity index (χ4n) is 3.45. The molecule has 6 nitrogen and oxygen atoms in total. The molecule has 1 aliphatic heterocycles. The molecule has 1 aliphatic rings. The van der Waals surface area contributed by atoms with Crippen LogP contribution in [0.25, 0.3) is 5.76 Å². The number of carbonyl (C=O) groups is 2. The molecular formula is C21H21ClN2O4. The van der Waals surface area contributed by atoms with Crippen LogP contribution in [0, 0.1) is 6.92 Å². The van der Waals surface area contributed by atoms with E-state index >= 15 is 0 Å². The second-order valence-corrected chi connectivity index (χ2v) is 6.98. The summed E-state index contributed by atoms with van der Waals surface area (Å²) in [5.41, 5.74) is 1.54. The molecule has 1 saturated heterocycles. The molecule has 2 heterocycles. The zero-order chi connectivity index (χ0) is 20.4. The average Bonchev–Trinajstić information content (AvgIpc) is 2.93. The van der Waals surface area contributed by atoms with Crippen LogP contribution in [0.3, 0.4) is 0 Å². The smallest absolute Gasteiger partial charge is 0.295 e. The Kier molecular flexibility index (Phi) is 5.70. The van der Waals surface area contributed by atoms with Crippen molar-refractivity contribution >= 4 is 29.1 Å². The molecule has 0 spiro atoms. The minimum Gasteiger partial charge on any atom is -0.507 e. The lowest BCUT2D eigenvalue weighted by Gasteiger charge is -2.24. The third-order valence-electron chi connectivity index (χ3n) is 4.62. The van der Waals surface area contributed by atoms with Crippen molar-refractivity contribution in [1.29, 1.82) is 0 Å². The number of rotatable bonds is 5. The highest BCUT2D eigenvalue weighted by Gasteiger charge is 2.46. The van der Waals surface area contributed by atoms with Gasteiger partial charge in [0, 0.05) is 12.7 Å². The normalized spacial score (nSPS) is 18.6. The molecule has 28 heavy (non-hydrogen) atoms. The van der Waals surface area contributed by atoms with Gasteiger partial charge in [-0.1, -0.05) is 24.6 Å². The number of nitrogens with zero attached hydrogens (tertiary/aromatic N) is 2. The average molecular weight is 401 g/mol. The molecular weight excluding hydrogens is 380 g/mol. The Bertz CT molecular complexity index is 956. The number of aryl methyl sites for hydroxylation is 1. The van der Waals surface area contributed by atoms with Crippen molar-refractivity contribution in [2.75, 3.05) is 13.7 Å². The number of hydrogen-bond donors (Lipinski definition) is 1. The highest BCUT2D eigenvalue weighted by Crippen LogP contribution is 2.42. The van der Waals surface area contributed by atoms with E-state index in [2.05, 4.69) is 4.98 Å². The third-order valence-corrected chi connectivity index (χ3v) is 4.90. The number of ketones is 1. The van der Waals surface area contributed by atoms with E-state index in [1.54, 1.807) is 36.5 Å². The van der Waals surface area contributed by atoms with Gasteiger partial charge in [-0.2, -0.15) is 0 Å². The molecule has 1 aromatic heterocycles. The molecule has 0 aliphatic carbocycles. The summed E-state index contributed by atoms with van der Waals surface area (Å²) in [6.07, 6.45) is 2.25. The van der Waals surface area contributed by atoms with E-state index < -0.39 is 17.7 Å². The first-order chi connectivity index (χ1) is 13.4. The van der Waals surface area contributed by atoms with E-state index in [0.29, 0.717) is 23.7 Å². The van der Waals surface area contributed by atoms with Crippen molar-refractivity contribution in [3.63, 3.8) is 0 Å². The monoisotopic (exact) mass is 400 g/mol. The van der Waals surface area contributed by atoms with Crippen molar-refractivity contribution in [2.45, 2.75) is 26.3 Å². The Morgan fingerprint density at radius 1 is 1.32 bits per heavy atom. The number of hydrogen-bond acceptors (Lipinski definition) is 5. The zero-order valence-corrected chi connectivity index (χ0v) is 16.7. The Balaban J connectivity index is 2.27. The molecule has 0 saturated carbocycles. The number of halogens is 1. The summed E-state index contributed by atoms with van der Waals surface area (Å²) in [7, 11) is 1.43. The Labute approximate surface area is 168 Å². The maximum Gasteiger partial charge on any atom is 0.295 e. The number of aromatic nitrogens is 1. The van der Waals surface area contributed by atoms with Crippen LogP contribution >= 0.6 is 11.6 Å². The molecule has 2 aromatic rings. The molecule has 1 aromatic carbocycles. The maximum absolute atomic E-state index is 12.8. The first-order valence-electron chi connectivity index (χ1n) is 8.94. The van der Waals surface area contributed by atoms with Gasteiger partial charge in [0.15, 0.2) is 0 Å². The Hall–Kier alpha value is -2.86. The van der Waals surface area contributed by atoms with E-state index in [1.807, 2.05) is 13.8 Å². The summed E-state index contributed by atoms with van der Waals surface area (Å²) in [4.78, 5) is 31.3. The predicted octanol–water partition coefficient (Wildman–Crippen LogP) is 3.88. The standard InChI is InChI=1S/C21H21ClN2O4/c1-4-9-24-17(15-7-5-6-8-23-15)16(19(26)21(24)27)18(25)13-10-12(2)11-14(22)20(13)28-3/h5-8,10-11,17,25H,4,9H2,1-3H3/b18-16+. The summed E-state index contributed by atoms with van der Waals surface area (Å²) < 4.78 is 5.34. The fraction of sp³-hybridized carbons (Fsp3) is 0.286. The number of Topliss-reactive ketones (excluding diaryl/α,β-unsaturated/α-hetero) is 1. The molecule has 0 radical (unpaired) electrons. The third kappa shape index (κ3) is 3.36. The number of likely N-dealkylation sites (tertiary alicyclic amines) is 1. The second-order valence-electron chi connectivity index (χ2n) is 6.57. The van der Waals surface area contributed by atoms with Crippen LogP contribution < -0.4 is 4.74 Å². The number of ether oxygens (including phenoxy) is 1. The van der Waals surface area contributed by atoms with Crippen molar-refractivity contribution in [2.24, 2.45) is 0 Å². The van der Waals surface area contributed by atoms with Gasteiger partial charge in [-0.25, -0.2) is 0 Å². The number of benzene rings is 1. The molecule has 7 heteroatoms. The number of pyridine rings is 1. The van der Waals surface area contributed by atoms with Gasteiger partial charge in [-0.3, -0.25) is 14.6 Å². The van der Waals surface area contributed by atoms with Gasteiger partial charge >= 0.3 is 0 Å². The Morgan fingerprint density at radius 2 is 2.07 bits per heavy atom. The van der Waals surface area contributed by atoms with Gasteiger partial charge in [0.05, 0.1) is 29.0 Å². The van der Waals surface area contributed by atoms with E-state index in [0.717, 1.165) is 5.56 Å². The lowest BCUT2D eigenvalue weighted by molar-refractivity contribution is -0.139. The lowest BCUT2D eigenvalue weighted by atomic mass is 9.97. The van der Waals surface area contributed by atoms with Gasteiger partial charge < -0.3 is 14.7 Å². The lowest BCUT2D eigenvalue weighted by Crippen LogP contribution is -2.30. The molecule has 1 N–H and O–H groups in total. The highest BCUT2D eigenvalue weighted by atomic mass is 35.5. The maximum atomic E-state index is 12.8. The Morgan fingerprint density at radius 3 is 2.68 bits per heavy atom. The van der Waals surface area contributed by atoms with E-state index in [1.165, 1.54) is 12.0 Å². The fourth-order valence-corrected chi connectivity index (χ4v) is 3.81. The van der Waals surface area contributed by atoms with Crippen molar-refractivity contribution in [3.8, 4) is 5.75 Å². The van der Waals surface area contributed by atoms with Gasteiger partial charge in [-0.15, -0.1) is 0 Å². The largest absolute Gasteiger partial charge is 0.507 e. The summed E-state index contributed by atoms with van der Waals surface area (Å²) >= 11 is 6.25. The summed E-state index contributed by atoms with van der Waals surface area (Å²) in [6, 6.07) is 7.85. The number of aliphatic hydroxyl groups is 1. The minimum absolute atomic E-state index is 0.0166. The summed E-state index contributed by atoms with van der Waals surface area (Å²) in [5, 5.41) is 11.4. The number of aliphatic hydroxyl groups excluding tert-OH is 1. The van der Waals surface area contributed by atoms with Crippen LogP contribution in [0.15, 0.2) is 42.1 Å². The highest BCUT2D eigenvalue weighted by molar-refractivity contribution is 6.46. The molecule has 146 valence electrons. The summed E-state index contributed by atoms with van der Waals surface area (Å²) in [5.74, 6) is -1.49. The molecule has 1 atom stereocenters. The SMILES string of the molecule is CCCN1C(=O)C(=O)/C(=C(/O)c2cc(C)cc(Cl)c2OC)C1c1ccccn1. The number of methoxy groups -OCH3 is 1. The van der Waals surface area contributed by atoms with Gasteiger partial charge in [-0.05, 0) is 43.2 Å².